The summed E-state index contributed by atoms with van der Waals surface area (Å²) in [6.45, 7) is 3.93. The normalized spacial score (nSPS) is 30.1. The number of amides is 1. The number of carbonyl (C=O) groups is 1. The van der Waals surface area contributed by atoms with Crippen molar-refractivity contribution in [3.8, 4) is 0 Å². The molecule has 1 saturated heterocycles. The molecule has 0 aromatic heterocycles. The molecule has 1 heterocycles. The summed E-state index contributed by atoms with van der Waals surface area (Å²) in [4.78, 5) is 14.4. The van der Waals surface area contributed by atoms with Crippen LogP contribution in [0.3, 0.4) is 0 Å². The van der Waals surface area contributed by atoms with Gasteiger partial charge in [-0.25, -0.2) is 0 Å². The van der Waals surface area contributed by atoms with Gasteiger partial charge in [0.15, 0.2) is 0 Å². The van der Waals surface area contributed by atoms with E-state index in [0.717, 1.165) is 19.5 Å². The standard InChI is InChI=1S/C12H22N2O.ClH/c1-12(7-8-13-9-12)11(15)14(2)10-5-3-4-6-10;/h10,13H,3-9H2,1-2H3;1H. The van der Waals surface area contributed by atoms with Gasteiger partial charge in [-0.1, -0.05) is 12.8 Å². The summed E-state index contributed by atoms with van der Waals surface area (Å²) < 4.78 is 0. The van der Waals surface area contributed by atoms with Crippen molar-refractivity contribution in [3.63, 3.8) is 0 Å². The highest BCUT2D eigenvalue weighted by atomic mass is 35.5. The summed E-state index contributed by atoms with van der Waals surface area (Å²) in [5.41, 5.74) is -0.142. The first-order valence-electron chi connectivity index (χ1n) is 6.11. The van der Waals surface area contributed by atoms with E-state index in [0.29, 0.717) is 11.9 Å². The first kappa shape index (κ1) is 13.8. The van der Waals surface area contributed by atoms with Crippen LogP contribution in [0.15, 0.2) is 0 Å². The van der Waals surface area contributed by atoms with Crippen LogP contribution in [-0.2, 0) is 4.79 Å². The Kier molecular flexibility index (Phi) is 4.62. The molecular weight excluding hydrogens is 224 g/mol. The minimum atomic E-state index is -0.142. The number of halogens is 1. The molecule has 1 aliphatic carbocycles. The number of nitrogens with zero attached hydrogens (tertiary/aromatic N) is 1. The van der Waals surface area contributed by atoms with Crippen LogP contribution in [0.5, 0.6) is 0 Å². The second kappa shape index (κ2) is 5.37. The Morgan fingerprint density at radius 3 is 2.50 bits per heavy atom. The smallest absolute Gasteiger partial charge is 0.229 e. The van der Waals surface area contributed by atoms with Crippen molar-refractivity contribution >= 4 is 18.3 Å². The largest absolute Gasteiger partial charge is 0.342 e. The monoisotopic (exact) mass is 246 g/mol. The minimum absolute atomic E-state index is 0. The Labute approximate surface area is 104 Å². The third-order valence-corrected chi connectivity index (χ3v) is 4.08. The van der Waals surface area contributed by atoms with Gasteiger partial charge in [0.1, 0.15) is 0 Å². The van der Waals surface area contributed by atoms with Crippen molar-refractivity contribution in [2.45, 2.75) is 45.1 Å². The van der Waals surface area contributed by atoms with Gasteiger partial charge in [-0.05, 0) is 32.7 Å². The van der Waals surface area contributed by atoms with Crippen LogP contribution in [0.25, 0.3) is 0 Å². The molecule has 94 valence electrons. The molecule has 4 heteroatoms. The molecule has 0 aromatic carbocycles. The molecule has 1 amide bonds. The average Bonchev–Trinajstić information content (AvgIpc) is 2.86. The molecule has 1 N–H and O–H groups in total. The first-order chi connectivity index (χ1) is 7.13. The minimum Gasteiger partial charge on any atom is -0.342 e. The highest BCUT2D eigenvalue weighted by molar-refractivity contribution is 5.85. The second-order valence-electron chi connectivity index (χ2n) is 5.34. The summed E-state index contributed by atoms with van der Waals surface area (Å²) in [5.74, 6) is 0.347. The highest BCUT2D eigenvalue weighted by Crippen LogP contribution is 2.30. The van der Waals surface area contributed by atoms with Crippen LogP contribution in [0, 0.1) is 5.41 Å². The molecular formula is C12H23ClN2O. The molecule has 2 aliphatic rings. The molecule has 2 fully saturated rings. The molecule has 1 saturated carbocycles. The van der Waals surface area contributed by atoms with E-state index in [1.807, 2.05) is 11.9 Å². The molecule has 16 heavy (non-hydrogen) atoms. The Bertz CT molecular complexity index is 245. The number of nitrogens with one attached hydrogen (secondary N) is 1. The van der Waals surface area contributed by atoms with E-state index in [2.05, 4.69) is 12.2 Å². The topological polar surface area (TPSA) is 32.3 Å². The van der Waals surface area contributed by atoms with E-state index in [-0.39, 0.29) is 17.8 Å². The fraction of sp³-hybridized carbons (Fsp3) is 0.917. The van der Waals surface area contributed by atoms with Gasteiger partial charge >= 0.3 is 0 Å². The Balaban J connectivity index is 0.00000128. The quantitative estimate of drug-likeness (QED) is 0.806. The average molecular weight is 247 g/mol. The highest BCUT2D eigenvalue weighted by Gasteiger charge is 2.40. The summed E-state index contributed by atoms with van der Waals surface area (Å²) in [5, 5.41) is 3.29. The molecule has 1 unspecified atom stereocenters. The summed E-state index contributed by atoms with van der Waals surface area (Å²) in [6, 6.07) is 0.509. The van der Waals surface area contributed by atoms with Gasteiger partial charge in [0.2, 0.25) is 5.91 Å². The first-order valence-corrected chi connectivity index (χ1v) is 6.11. The van der Waals surface area contributed by atoms with E-state index < -0.39 is 0 Å². The summed E-state index contributed by atoms with van der Waals surface area (Å²) >= 11 is 0. The van der Waals surface area contributed by atoms with Crippen LogP contribution in [-0.4, -0.2) is 37.0 Å². The zero-order valence-corrected chi connectivity index (χ0v) is 11.1. The van der Waals surface area contributed by atoms with E-state index in [9.17, 15) is 4.79 Å². The van der Waals surface area contributed by atoms with Gasteiger partial charge < -0.3 is 10.2 Å². The zero-order chi connectivity index (χ0) is 10.9. The van der Waals surface area contributed by atoms with E-state index in [1.54, 1.807) is 0 Å². The number of rotatable bonds is 2. The summed E-state index contributed by atoms with van der Waals surface area (Å²) in [7, 11) is 1.99. The maximum Gasteiger partial charge on any atom is 0.229 e. The maximum atomic E-state index is 12.3. The summed E-state index contributed by atoms with van der Waals surface area (Å²) in [6.07, 6.45) is 5.97. The zero-order valence-electron chi connectivity index (χ0n) is 10.3. The van der Waals surface area contributed by atoms with Crippen molar-refractivity contribution in [1.82, 2.24) is 10.2 Å². The fourth-order valence-electron chi connectivity index (χ4n) is 2.88. The maximum absolute atomic E-state index is 12.3. The number of carbonyl (C=O) groups excluding carboxylic acids is 1. The van der Waals surface area contributed by atoms with Crippen molar-refractivity contribution < 1.29 is 4.79 Å². The van der Waals surface area contributed by atoms with Crippen molar-refractivity contribution in [3.05, 3.63) is 0 Å². The van der Waals surface area contributed by atoms with Crippen LogP contribution < -0.4 is 5.32 Å². The van der Waals surface area contributed by atoms with Crippen LogP contribution in [0.4, 0.5) is 0 Å². The Morgan fingerprint density at radius 2 is 2.00 bits per heavy atom. The SMILES string of the molecule is CN(C(=O)C1(C)CCNC1)C1CCCC1.Cl. The van der Waals surface area contributed by atoms with E-state index in [4.69, 9.17) is 0 Å². The van der Waals surface area contributed by atoms with Crippen molar-refractivity contribution in [2.75, 3.05) is 20.1 Å². The van der Waals surface area contributed by atoms with Crippen LogP contribution in [0.2, 0.25) is 0 Å². The van der Waals surface area contributed by atoms with Gasteiger partial charge in [-0.15, -0.1) is 12.4 Å². The fourth-order valence-corrected chi connectivity index (χ4v) is 2.88. The van der Waals surface area contributed by atoms with Crippen LogP contribution >= 0.6 is 12.4 Å². The Hall–Kier alpha value is -0.280. The van der Waals surface area contributed by atoms with Gasteiger partial charge in [-0.2, -0.15) is 0 Å². The van der Waals surface area contributed by atoms with E-state index >= 15 is 0 Å². The molecule has 0 bridgehead atoms. The van der Waals surface area contributed by atoms with E-state index in [1.165, 1.54) is 25.7 Å². The lowest BCUT2D eigenvalue weighted by molar-refractivity contribution is -0.140. The Morgan fingerprint density at radius 1 is 1.38 bits per heavy atom. The van der Waals surface area contributed by atoms with Crippen molar-refractivity contribution in [1.29, 1.82) is 0 Å². The molecule has 0 aromatic rings. The lowest BCUT2D eigenvalue weighted by atomic mass is 9.87. The molecule has 0 radical (unpaired) electrons. The van der Waals surface area contributed by atoms with Gasteiger partial charge in [0, 0.05) is 19.6 Å². The van der Waals surface area contributed by atoms with Crippen LogP contribution in [0.1, 0.15) is 39.0 Å². The molecule has 2 rings (SSSR count). The van der Waals surface area contributed by atoms with Gasteiger partial charge in [-0.3, -0.25) is 4.79 Å². The third kappa shape index (κ3) is 2.51. The molecule has 1 aliphatic heterocycles. The second-order valence-corrected chi connectivity index (χ2v) is 5.34. The number of hydrogen-bond acceptors (Lipinski definition) is 2. The van der Waals surface area contributed by atoms with Crippen molar-refractivity contribution in [2.24, 2.45) is 5.41 Å². The predicted octanol–water partition coefficient (Wildman–Crippen LogP) is 1.81. The lowest BCUT2D eigenvalue weighted by Crippen LogP contribution is -2.45. The molecule has 1 atom stereocenters. The number of hydrogen-bond donors (Lipinski definition) is 1. The molecule has 3 nitrogen and oxygen atoms in total. The lowest BCUT2D eigenvalue weighted by Gasteiger charge is -2.32. The predicted molar refractivity (Wildman–Crippen MR) is 67.9 cm³/mol. The third-order valence-electron chi connectivity index (χ3n) is 4.08. The van der Waals surface area contributed by atoms with Gasteiger partial charge in [0.25, 0.3) is 0 Å². The molecule has 0 spiro atoms. The van der Waals surface area contributed by atoms with Gasteiger partial charge in [0.05, 0.1) is 5.41 Å².